The van der Waals surface area contributed by atoms with Gasteiger partial charge in [0, 0.05) is 0 Å². The van der Waals surface area contributed by atoms with Gasteiger partial charge in [0.25, 0.3) is 0 Å². The van der Waals surface area contributed by atoms with Crippen LogP contribution in [0.1, 0.15) is 15.9 Å². The van der Waals surface area contributed by atoms with Crippen LogP contribution in [0.3, 0.4) is 0 Å². The molecule has 2 aromatic carbocycles. The van der Waals surface area contributed by atoms with Gasteiger partial charge in [-0.2, -0.15) is 5.26 Å². The highest BCUT2D eigenvalue weighted by Crippen LogP contribution is 2.22. The average Bonchev–Trinajstić information content (AvgIpc) is 2.47. The number of hydrogen-bond acceptors (Lipinski definition) is 4. The molecule has 4 nitrogen and oxygen atoms in total. The van der Waals surface area contributed by atoms with Crippen LogP contribution < -0.4 is 4.74 Å². The summed E-state index contributed by atoms with van der Waals surface area (Å²) in [5, 5.41) is 8.70. The first kappa shape index (κ1) is 12.7. The molecule has 0 unspecified atom stereocenters. The third-order valence-corrected chi connectivity index (χ3v) is 2.47. The summed E-state index contributed by atoms with van der Waals surface area (Å²) in [4.78, 5) is 11.4. The molecule has 0 aliphatic heterocycles. The van der Waals surface area contributed by atoms with Crippen molar-refractivity contribution < 1.29 is 14.3 Å². The lowest BCUT2D eigenvalue weighted by molar-refractivity contribution is 0.0600. The maximum atomic E-state index is 11.4. The van der Waals surface area contributed by atoms with Gasteiger partial charge >= 0.3 is 5.97 Å². The van der Waals surface area contributed by atoms with Crippen LogP contribution in [-0.4, -0.2) is 13.1 Å². The predicted molar refractivity (Wildman–Crippen MR) is 69.0 cm³/mol. The fourth-order valence-corrected chi connectivity index (χ4v) is 1.54. The summed E-state index contributed by atoms with van der Waals surface area (Å²) in [7, 11) is 1.33. The monoisotopic (exact) mass is 253 g/mol. The highest BCUT2D eigenvalue weighted by atomic mass is 16.5. The fourth-order valence-electron chi connectivity index (χ4n) is 1.54. The van der Waals surface area contributed by atoms with Crippen molar-refractivity contribution >= 4 is 5.97 Å². The van der Waals surface area contributed by atoms with Crippen LogP contribution in [0.4, 0.5) is 0 Å². The van der Waals surface area contributed by atoms with Crippen LogP contribution >= 0.6 is 0 Å². The number of esters is 1. The molecule has 2 rings (SSSR count). The van der Waals surface area contributed by atoms with E-state index in [0.717, 1.165) is 0 Å². The van der Waals surface area contributed by atoms with Crippen molar-refractivity contribution in [1.29, 1.82) is 5.26 Å². The number of nitrogens with zero attached hydrogens (tertiary/aromatic N) is 1. The maximum absolute atomic E-state index is 11.4. The fraction of sp³-hybridized carbons (Fsp3) is 0.0667. The number of nitriles is 1. The molecule has 0 fully saturated rings. The van der Waals surface area contributed by atoms with Crippen LogP contribution in [0.15, 0.2) is 48.5 Å². The number of methoxy groups -OCH3 is 1. The molecule has 0 heterocycles. The Kier molecular flexibility index (Phi) is 3.79. The van der Waals surface area contributed by atoms with Gasteiger partial charge in [0.05, 0.1) is 24.3 Å². The molecule has 0 radical (unpaired) electrons. The second kappa shape index (κ2) is 5.69. The average molecular weight is 253 g/mol. The van der Waals surface area contributed by atoms with Crippen LogP contribution in [0.2, 0.25) is 0 Å². The molecule has 4 heteroatoms. The predicted octanol–water partition coefficient (Wildman–Crippen LogP) is 3.14. The van der Waals surface area contributed by atoms with Crippen molar-refractivity contribution in [3.63, 3.8) is 0 Å². The molecule has 94 valence electrons. The Morgan fingerprint density at radius 1 is 1.11 bits per heavy atom. The molecule has 0 saturated carbocycles. The zero-order chi connectivity index (χ0) is 13.7. The highest BCUT2D eigenvalue weighted by Gasteiger charge is 2.06. The van der Waals surface area contributed by atoms with Gasteiger partial charge in [-0.15, -0.1) is 0 Å². The molecule has 0 aliphatic rings. The zero-order valence-corrected chi connectivity index (χ0v) is 10.3. The normalized spacial score (nSPS) is 9.47. The number of carbonyl (C=O) groups is 1. The van der Waals surface area contributed by atoms with Crippen molar-refractivity contribution in [3.05, 3.63) is 59.7 Å². The number of rotatable bonds is 3. The second-order valence-corrected chi connectivity index (χ2v) is 3.76. The first-order valence-corrected chi connectivity index (χ1v) is 5.59. The Morgan fingerprint density at radius 2 is 1.84 bits per heavy atom. The van der Waals surface area contributed by atoms with Gasteiger partial charge < -0.3 is 9.47 Å². The summed E-state index contributed by atoms with van der Waals surface area (Å²) in [6.07, 6.45) is 0. The minimum atomic E-state index is -0.412. The largest absolute Gasteiger partial charge is 0.465 e. The lowest BCUT2D eigenvalue weighted by Gasteiger charge is -2.06. The highest BCUT2D eigenvalue weighted by molar-refractivity contribution is 5.89. The number of carbonyl (C=O) groups excluding carboxylic acids is 1. The lowest BCUT2D eigenvalue weighted by Crippen LogP contribution is -2.00. The van der Waals surface area contributed by atoms with Crippen LogP contribution in [0, 0.1) is 11.3 Å². The van der Waals surface area contributed by atoms with Crippen molar-refractivity contribution in [2.24, 2.45) is 0 Å². The van der Waals surface area contributed by atoms with E-state index < -0.39 is 5.97 Å². The second-order valence-electron chi connectivity index (χ2n) is 3.76. The molecule has 0 amide bonds. The Morgan fingerprint density at radius 3 is 2.47 bits per heavy atom. The Hall–Kier alpha value is -2.80. The Bertz CT molecular complexity index is 627. The zero-order valence-electron chi connectivity index (χ0n) is 10.3. The van der Waals surface area contributed by atoms with Crippen LogP contribution in [0.25, 0.3) is 0 Å². The number of ether oxygens (including phenoxy) is 2. The molecule has 0 atom stereocenters. The van der Waals surface area contributed by atoms with E-state index in [0.29, 0.717) is 22.6 Å². The molecule has 2 aromatic rings. The lowest BCUT2D eigenvalue weighted by atomic mass is 10.2. The molecule has 0 aliphatic carbocycles. The number of hydrogen-bond donors (Lipinski definition) is 0. The van der Waals surface area contributed by atoms with Gasteiger partial charge in [-0.05, 0) is 42.5 Å². The third kappa shape index (κ3) is 3.11. The van der Waals surface area contributed by atoms with Gasteiger partial charge in [-0.25, -0.2) is 4.79 Å². The minimum absolute atomic E-state index is 0.412. The van der Waals surface area contributed by atoms with E-state index in [1.54, 1.807) is 48.5 Å². The van der Waals surface area contributed by atoms with E-state index in [9.17, 15) is 4.79 Å². The first-order valence-electron chi connectivity index (χ1n) is 5.59. The smallest absolute Gasteiger partial charge is 0.337 e. The SMILES string of the molecule is COC(=O)c1cccc(Oc2ccc(C#N)cc2)c1. The van der Waals surface area contributed by atoms with E-state index in [1.807, 2.05) is 6.07 Å². The van der Waals surface area contributed by atoms with E-state index in [-0.39, 0.29) is 0 Å². The molecule has 0 N–H and O–H groups in total. The van der Waals surface area contributed by atoms with E-state index >= 15 is 0 Å². The van der Waals surface area contributed by atoms with Gasteiger partial charge in [0.1, 0.15) is 11.5 Å². The van der Waals surface area contributed by atoms with Crippen molar-refractivity contribution in [1.82, 2.24) is 0 Å². The van der Waals surface area contributed by atoms with Crippen molar-refractivity contribution in [2.45, 2.75) is 0 Å². The van der Waals surface area contributed by atoms with Gasteiger partial charge in [-0.3, -0.25) is 0 Å². The van der Waals surface area contributed by atoms with E-state index in [4.69, 9.17) is 10.00 Å². The summed E-state index contributed by atoms with van der Waals surface area (Å²) < 4.78 is 10.2. The quantitative estimate of drug-likeness (QED) is 0.788. The molecule has 0 spiro atoms. The Balaban J connectivity index is 2.18. The minimum Gasteiger partial charge on any atom is -0.465 e. The summed E-state index contributed by atoms with van der Waals surface area (Å²) in [5.41, 5.74) is 0.990. The van der Waals surface area contributed by atoms with Crippen molar-refractivity contribution in [2.75, 3.05) is 7.11 Å². The van der Waals surface area contributed by atoms with Gasteiger partial charge in [0.15, 0.2) is 0 Å². The van der Waals surface area contributed by atoms with Crippen LogP contribution in [0.5, 0.6) is 11.5 Å². The molecule has 19 heavy (non-hydrogen) atoms. The maximum Gasteiger partial charge on any atom is 0.337 e. The Labute approximate surface area is 110 Å². The molecular weight excluding hydrogens is 242 g/mol. The summed E-state index contributed by atoms with van der Waals surface area (Å²) in [5.74, 6) is 0.721. The molecular formula is C15H11NO3. The summed E-state index contributed by atoms with van der Waals surface area (Å²) in [6, 6.07) is 15.5. The van der Waals surface area contributed by atoms with Crippen LogP contribution in [-0.2, 0) is 4.74 Å². The van der Waals surface area contributed by atoms with E-state index in [1.165, 1.54) is 7.11 Å². The molecule has 0 bridgehead atoms. The third-order valence-electron chi connectivity index (χ3n) is 2.47. The first-order chi connectivity index (χ1) is 9.22. The summed E-state index contributed by atoms with van der Waals surface area (Å²) >= 11 is 0. The van der Waals surface area contributed by atoms with Gasteiger partial charge in [-0.1, -0.05) is 6.07 Å². The molecule has 0 aromatic heterocycles. The van der Waals surface area contributed by atoms with Gasteiger partial charge in [0.2, 0.25) is 0 Å². The van der Waals surface area contributed by atoms with Crippen molar-refractivity contribution in [3.8, 4) is 17.6 Å². The summed E-state index contributed by atoms with van der Waals surface area (Å²) in [6.45, 7) is 0. The molecule has 0 saturated heterocycles. The van der Waals surface area contributed by atoms with E-state index in [2.05, 4.69) is 4.74 Å². The number of benzene rings is 2. The standard InChI is InChI=1S/C15H11NO3/c1-18-15(17)12-3-2-4-14(9-12)19-13-7-5-11(10-16)6-8-13/h2-9H,1H3. The topological polar surface area (TPSA) is 59.3 Å².